The van der Waals surface area contributed by atoms with Gasteiger partial charge in [-0.1, -0.05) is 6.07 Å². The van der Waals surface area contributed by atoms with Gasteiger partial charge < -0.3 is 5.32 Å². The number of hydrogen-bond donors (Lipinski definition) is 1. The molecule has 1 amide bonds. The second kappa shape index (κ2) is 5.73. The molecule has 2 heterocycles. The second-order valence-corrected chi connectivity index (χ2v) is 5.90. The molecule has 1 unspecified atom stereocenters. The SMILES string of the molecule is CC1C(=O)Nc2c(-c3ncccn3)cc(-c3ccc(F)c(F)c3)cc21. The molecule has 0 fully saturated rings. The first-order chi connectivity index (χ1) is 12.0. The quantitative estimate of drug-likeness (QED) is 0.764. The van der Waals surface area contributed by atoms with Crippen LogP contribution >= 0.6 is 0 Å². The predicted octanol–water partition coefficient (Wildman–Crippen LogP) is 4.14. The van der Waals surface area contributed by atoms with E-state index in [9.17, 15) is 13.6 Å². The molecular weight excluding hydrogens is 324 g/mol. The first kappa shape index (κ1) is 15.4. The highest BCUT2D eigenvalue weighted by molar-refractivity contribution is 6.07. The summed E-state index contributed by atoms with van der Waals surface area (Å²) in [6.45, 7) is 1.80. The normalized spacial score (nSPS) is 15.8. The Balaban J connectivity index is 1.95. The lowest BCUT2D eigenvalue weighted by atomic mass is 9.93. The van der Waals surface area contributed by atoms with Gasteiger partial charge in [-0.3, -0.25) is 4.79 Å². The van der Waals surface area contributed by atoms with Crippen LogP contribution in [0.25, 0.3) is 22.5 Å². The van der Waals surface area contributed by atoms with Crippen LogP contribution in [0.4, 0.5) is 14.5 Å². The Morgan fingerprint density at radius 3 is 2.48 bits per heavy atom. The molecular formula is C19H13F2N3O. The van der Waals surface area contributed by atoms with Crippen molar-refractivity contribution in [1.29, 1.82) is 0 Å². The van der Waals surface area contributed by atoms with Gasteiger partial charge in [0.05, 0.1) is 11.6 Å². The molecule has 1 N–H and O–H groups in total. The van der Waals surface area contributed by atoms with Crippen LogP contribution in [0.1, 0.15) is 18.4 Å². The van der Waals surface area contributed by atoms with E-state index in [1.165, 1.54) is 6.07 Å². The Bertz CT molecular complexity index is 989. The average molecular weight is 337 g/mol. The topological polar surface area (TPSA) is 54.9 Å². The lowest BCUT2D eigenvalue weighted by Gasteiger charge is -2.12. The minimum Gasteiger partial charge on any atom is -0.325 e. The molecule has 0 radical (unpaired) electrons. The van der Waals surface area contributed by atoms with Gasteiger partial charge in [0, 0.05) is 18.0 Å². The zero-order chi connectivity index (χ0) is 17.6. The smallest absolute Gasteiger partial charge is 0.231 e. The number of hydrogen-bond acceptors (Lipinski definition) is 3. The summed E-state index contributed by atoms with van der Waals surface area (Å²) in [4.78, 5) is 20.6. The van der Waals surface area contributed by atoms with Crippen molar-refractivity contribution in [3.05, 3.63) is 66.0 Å². The summed E-state index contributed by atoms with van der Waals surface area (Å²) in [6, 6.07) is 9.02. The number of carbonyl (C=O) groups excluding carboxylic acids is 1. The number of nitrogens with zero attached hydrogens (tertiary/aromatic N) is 2. The molecule has 4 rings (SSSR count). The van der Waals surface area contributed by atoms with Crippen molar-refractivity contribution < 1.29 is 13.6 Å². The second-order valence-electron chi connectivity index (χ2n) is 5.90. The van der Waals surface area contributed by atoms with E-state index in [4.69, 9.17) is 0 Å². The molecule has 0 saturated heterocycles. The highest BCUT2D eigenvalue weighted by atomic mass is 19.2. The van der Waals surface area contributed by atoms with Crippen LogP contribution in [0.3, 0.4) is 0 Å². The number of halogens is 2. The fourth-order valence-electron chi connectivity index (χ4n) is 2.98. The molecule has 1 aromatic heterocycles. The summed E-state index contributed by atoms with van der Waals surface area (Å²) in [7, 11) is 0. The molecule has 25 heavy (non-hydrogen) atoms. The number of fused-ring (bicyclic) bond motifs is 1. The summed E-state index contributed by atoms with van der Waals surface area (Å²) >= 11 is 0. The van der Waals surface area contributed by atoms with Crippen molar-refractivity contribution in [1.82, 2.24) is 9.97 Å². The van der Waals surface area contributed by atoms with E-state index in [1.54, 1.807) is 31.5 Å². The third-order valence-electron chi connectivity index (χ3n) is 4.34. The summed E-state index contributed by atoms with van der Waals surface area (Å²) in [6.07, 6.45) is 3.22. The lowest BCUT2D eigenvalue weighted by molar-refractivity contribution is -0.116. The minimum absolute atomic E-state index is 0.116. The number of aromatic nitrogens is 2. The molecule has 0 aliphatic carbocycles. The van der Waals surface area contributed by atoms with E-state index in [-0.39, 0.29) is 11.8 Å². The minimum atomic E-state index is -0.919. The van der Waals surface area contributed by atoms with Gasteiger partial charge in [-0.25, -0.2) is 18.7 Å². The average Bonchev–Trinajstić information content (AvgIpc) is 2.92. The molecule has 124 valence electrons. The molecule has 0 spiro atoms. The van der Waals surface area contributed by atoms with Crippen molar-refractivity contribution in [2.24, 2.45) is 0 Å². The molecule has 1 aliphatic heterocycles. The Hall–Kier alpha value is -3.15. The van der Waals surface area contributed by atoms with E-state index in [2.05, 4.69) is 15.3 Å². The van der Waals surface area contributed by atoms with E-state index in [0.717, 1.165) is 17.7 Å². The van der Waals surface area contributed by atoms with Crippen molar-refractivity contribution in [2.45, 2.75) is 12.8 Å². The molecule has 1 atom stereocenters. The van der Waals surface area contributed by atoms with E-state index in [1.807, 2.05) is 6.07 Å². The fraction of sp³-hybridized carbons (Fsp3) is 0.105. The molecule has 1 aliphatic rings. The maximum absolute atomic E-state index is 13.6. The fourth-order valence-corrected chi connectivity index (χ4v) is 2.98. The first-order valence-electron chi connectivity index (χ1n) is 7.76. The largest absolute Gasteiger partial charge is 0.325 e. The number of rotatable bonds is 2. The van der Waals surface area contributed by atoms with Crippen LogP contribution in [-0.4, -0.2) is 15.9 Å². The third kappa shape index (κ3) is 2.55. The Morgan fingerprint density at radius 1 is 1.00 bits per heavy atom. The van der Waals surface area contributed by atoms with Gasteiger partial charge >= 0.3 is 0 Å². The van der Waals surface area contributed by atoms with Crippen LogP contribution in [-0.2, 0) is 4.79 Å². The van der Waals surface area contributed by atoms with E-state index in [0.29, 0.717) is 28.2 Å². The molecule has 2 aromatic carbocycles. The number of nitrogens with one attached hydrogen (secondary N) is 1. The van der Waals surface area contributed by atoms with Gasteiger partial charge in [0.25, 0.3) is 0 Å². The highest BCUT2D eigenvalue weighted by Gasteiger charge is 2.30. The number of carbonyl (C=O) groups is 1. The van der Waals surface area contributed by atoms with E-state index < -0.39 is 11.6 Å². The number of anilines is 1. The zero-order valence-corrected chi connectivity index (χ0v) is 13.3. The first-order valence-corrected chi connectivity index (χ1v) is 7.76. The number of benzene rings is 2. The maximum Gasteiger partial charge on any atom is 0.231 e. The third-order valence-corrected chi connectivity index (χ3v) is 4.34. The summed E-state index contributed by atoms with van der Waals surface area (Å²) in [5, 5.41) is 2.86. The highest BCUT2D eigenvalue weighted by Crippen LogP contribution is 2.42. The Labute approximate surface area is 142 Å². The molecule has 0 bridgehead atoms. The van der Waals surface area contributed by atoms with Gasteiger partial charge in [0.2, 0.25) is 5.91 Å². The number of amides is 1. The van der Waals surface area contributed by atoms with Crippen molar-refractivity contribution in [3.8, 4) is 22.5 Å². The lowest BCUT2D eigenvalue weighted by Crippen LogP contribution is -2.08. The van der Waals surface area contributed by atoms with E-state index >= 15 is 0 Å². The van der Waals surface area contributed by atoms with Gasteiger partial charge in [-0.15, -0.1) is 0 Å². The Kier molecular flexibility index (Phi) is 3.53. The van der Waals surface area contributed by atoms with Crippen LogP contribution < -0.4 is 5.32 Å². The van der Waals surface area contributed by atoms with Crippen LogP contribution in [0.5, 0.6) is 0 Å². The van der Waals surface area contributed by atoms with Crippen LogP contribution in [0.15, 0.2) is 48.8 Å². The molecule has 6 heteroatoms. The van der Waals surface area contributed by atoms with Gasteiger partial charge in [-0.2, -0.15) is 0 Å². The van der Waals surface area contributed by atoms with Crippen LogP contribution in [0, 0.1) is 11.6 Å². The molecule has 4 nitrogen and oxygen atoms in total. The van der Waals surface area contributed by atoms with Crippen LogP contribution in [0.2, 0.25) is 0 Å². The van der Waals surface area contributed by atoms with Gasteiger partial charge in [0.15, 0.2) is 17.5 Å². The summed E-state index contributed by atoms with van der Waals surface area (Å²) in [5.74, 6) is -1.82. The standard InChI is InChI=1S/C19H13F2N3O/c1-10-13-7-12(11-3-4-15(20)16(21)9-11)8-14(17(13)24-19(10)25)18-22-5-2-6-23-18/h2-10H,1H3,(H,24,25). The van der Waals surface area contributed by atoms with Gasteiger partial charge in [0.1, 0.15) is 0 Å². The maximum atomic E-state index is 13.6. The monoisotopic (exact) mass is 337 g/mol. The molecule has 3 aromatic rings. The predicted molar refractivity (Wildman–Crippen MR) is 89.9 cm³/mol. The Morgan fingerprint density at radius 2 is 1.76 bits per heavy atom. The van der Waals surface area contributed by atoms with Crippen molar-refractivity contribution in [2.75, 3.05) is 5.32 Å². The summed E-state index contributed by atoms with van der Waals surface area (Å²) in [5.41, 5.74) is 3.29. The van der Waals surface area contributed by atoms with Crippen molar-refractivity contribution in [3.63, 3.8) is 0 Å². The van der Waals surface area contributed by atoms with Crippen molar-refractivity contribution >= 4 is 11.6 Å². The summed E-state index contributed by atoms with van der Waals surface area (Å²) < 4.78 is 26.9. The molecule has 0 saturated carbocycles. The van der Waals surface area contributed by atoms with Gasteiger partial charge in [-0.05, 0) is 53.9 Å². The zero-order valence-electron chi connectivity index (χ0n) is 13.3.